The van der Waals surface area contributed by atoms with Crippen molar-refractivity contribution in [1.82, 2.24) is 40.7 Å². The summed E-state index contributed by atoms with van der Waals surface area (Å²) in [5.74, 6) is -2.14. The molecule has 78 heavy (non-hydrogen) atoms. The van der Waals surface area contributed by atoms with Gasteiger partial charge in [-0.1, -0.05) is 62.7 Å². The van der Waals surface area contributed by atoms with Crippen LogP contribution >= 0.6 is 34.3 Å². The Balaban J connectivity index is 0.779. The number of hydrogen-bond donors (Lipinski definition) is 6. The Hall–Kier alpha value is -6.12. The van der Waals surface area contributed by atoms with E-state index >= 15 is 8.78 Å². The number of hydrogen-bond acceptors (Lipinski definition) is 16. The first kappa shape index (κ1) is 55.2. The summed E-state index contributed by atoms with van der Waals surface area (Å²) in [5.41, 5.74) is 9.95. The number of aromatic nitrogens is 3. The maximum atomic E-state index is 17.3. The second kappa shape index (κ2) is 22.9. The maximum absolute atomic E-state index is 17.3. The van der Waals surface area contributed by atoms with Crippen LogP contribution in [-0.2, 0) is 14.4 Å². The number of carbonyl (C=O) groups excluding carboxylic acids is 3. The van der Waals surface area contributed by atoms with Gasteiger partial charge in [0.2, 0.25) is 17.7 Å². The number of thiazole rings is 1. The molecule has 4 saturated heterocycles. The number of benzene rings is 3. The first-order valence-electron chi connectivity index (χ1n) is 26.6. The van der Waals surface area contributed by atoms with Crippen LogP contribution in [0.25, 0.3) is 42.6 Å². The van der Waals surface area contributed by atoms with Gasteiger partial charge >= 0.3 is 6.01 Å². The van der Waals surface area contributed by atoms with Gasteiger partial charge in [0.25, 0.3) is 0 Å². The Morgan fingerprint density at radius 3 is 2.50 bits per heavy atom. The molecule has 0 aliphatic carbocycles. The van der Waals surface area contributed by atoms with Crippen LogP contribution in [0.2, 0.25) is 5.02 Å². The summed E-state index contributed by atoms with van der Waals surface area (Å²) in [7, 11) is 0. The van der Waals surface area contributed by atoms with E-state index in [9.17, 15) is 29.9 Å². The second-order valence-corrected chi connectivity index (χ2v) is 24.4. The van der Waals surface area contributed by atoms with Gasteiger partial charge in [0.1, 0.15) is 46.9 Å². The molecule has 0 spiro atoms. The van der Waals surface area contributed by atoms with Crippen molar-refractivity contribution in [2.24, 2.45) is 5.41 Å². The summed E-state index contributed by atoms with van der Waals surface area (Å²) >= 11 is 9.39. The van der Waals surface area contributed by atoms with E-state index in [4.69, 9.17) is 27.1 Å². The van der Waals surface area contributed by atoms with Crippen molar-refractivity contribution in [2.75, 3.05) is 56.6 Å². The Labute approximate surface area is 464 Å². The molecule has 7 heterocycles. The molecular formula is C56H64ClF2N11O6S2. The number of β-amino-alcohol motifs (C(OH)–C–C–N with tert-alkyl or cyclic N) is 1. The molecule has 4 aliphatic heterocycles. The van der Waals surface area contributed by atoms with Gasteiger partial charge in [-0.15, -0.1) is 22.7 Å². The van der Waals surface area contributed by atoms with Crippen LogP contribution in [-0.4, -0.2) is 135 Å². The Morgan fingerprint density at radius 1 is 1.05 bits per heavy atom. The summed E-state index contributed by atoms with van der Waals surface area (Å²) in [6, 6.07) is 11.5. The van der Waals surface area contributed by atoms with E-state index < -0.39 is 53.1 Å². The molecular weight excluding hydrogens is 1060 g/mol. The minimum atomic E-state index is -1.02. The third kappa shape index (κ3) is 11.2. The van der Waals surface area contributed by atoms with E-state index in [1.807, 2.05) is 52.0 Å². The molecule has 10 rings (SSSR count). The normalized spacial score (nSPS) is 21.3. The maximum Gasteiger partial charge on any atom is 0.319 e. The average molecular weight is 1120 g/mol. The largest absolute Gasteiger partial charge is 0.462 e. The van der Waals surface area contributed by atoms with Crippen molar-refractivity contribution < 1.29 is 38.1 Å². The lowest BCUT2D eigenvalue weighted by molar-refractivity contribution is -0.144. The molecule has 3 aromatic heterocycles. The number of aliphatic hydroxyl groups excluding tert-OH is 2. The van der Waals surface area contributed by atoms with E-state index in [-0.39, 0.29) is 105 Å². The van der Waals surface area contributed by atoms with E-state index in [1.54, 1.807) is 11.6 Å². The summed E-state index contributed by atoms with van der Waals surface area (Å²) in [6.45, 7) is 9.98. The van der Waals surface area contributed by atoms with Crippen molar-refractivity contribution >= 4 is 83.8 Å². The van der Waals surface area contributed by atoms with Gasteiger partial charge in [-0.3, -0.25) is 19.3 Å². The number of nitrogens with one attached hydrogen (secondary N) is 3. The summed E-state index contributed by atoms with van der Waals surface area (Å²) in [6.07, 6.45) is 4.18. The van der Waals surface area contributed by atoms with Crippen LogP contribution in [0.1, 0.15) is 95.0 Å². The number of nitriles is 1. The average Bonchev–Trinajstić information content (AvgIpc) is 4.42. The number of halogens is 3. The summed E-state index contributed by atoms with van der Waals surface area (Å²) < 4.78 is 38.9. The molecule has 2 bridgehead atoms. The molecule has 3 aromatic carbocycles. The minimum Gasteiger partial charge on any atom is -0.462 e. The molecule has 3 amide bonds. The molecule has 0 radical (unpaired) electrons. The SMILES string of the molecule is Cc1ncsc1-c1ccc([C@H](CO)NC(=O)[C@@H]2C[C@@H](O)CN2C(=O)[C@@H](NC(=O)CCCCN2CCC[C@H]2COc2nc(N3CC4CCC(C3)N4)c3cc(Cl)c(-c4ccc(F)c5sc(N)c(C#N)c45)c(F)c3n2)C(C)(C)C)cc1. The zero-order valence-corrected chi connectivity index (χ0v) is 46.3. The number of ether oxygens (including phenoxy) is 1. The number of aryl methyl sites for hydroxylation is 1. The number of likely N-dealkylation sites (tertiary alicyclic amines) is 2. The fraction of sp³-hybridized carbons (Fsp3) is 0.482. The molecule has 17 nitrogen and oxygen atoms in total. The number of unbranched alkanes of at least 4 members (excludes halogenated alkanes) is 1. The lowest BCUT2D eigenvalue weighted by Gasteiger charge is -2.35. The van der Waals surface area contributed by atoms with Crippen molar-refractivity contribution in [1.29, 1.82) is 5.26 Å². The Bertz CT molecular complexity index is 3280. The smallest absolute Gasteiger partial charge is 0.319 e. The van der Waals surface area contributed by atoms with Crippen LogP contribution in [0, 0.1) is 35.3 Å². The number of carbonyl (C=O) groups is 3. The van der Waals surface area contributed by atoms with Crippen LogP contribution in [0.5, 0.6) is 6.01 Å². The highest BCUT2D eigenvalue weighted by atomic mass is 35.5. The van der Waals surface area contributed by atoms with E-state index in [1.165, 1.54) is 28.4 Å². The highest BCUT2D eigenvalue weighted by Gasteiger charge is 2.45. The molecule has 2 unspecified atom stereocenters. The summed E-state index contributed by atoms with van der Waals surface area (Å²) in [5, 5.41) is 41.4. The molecule has 4 aliphatic rings. The van der Waals surface area contributed by atoms with Gasteiger partial charge in [0, 0.05) is 66.9 Å². The van der Waals surface area contributed by atoms with Gasteiger partial charge < -0.3 is 46.4 Å². The van der Waals surface area contributed by atoms with Crippen molar-refractivity contribution in [3.05, 3.63) is 81.5 Å². The first-order valence-corrected chi connectivity index (χ1v) is 28.7. The number of nitrogen functional groups attached to an aromatic ring is 1. The van der Waals surface area contributed by atoms with Gasteiger partial charge in [0.05, 0.1) is 50.1 Å². The number of piperazine rings is 1. The van der Waals surface area contributed by atoms with Gasteiger partial charge in [0.15, 0.2) is 5.82 Å². The van der Waals surface area contributed by atoms with Crippen LogP contribution in [0.4, 0.5) is 19.6 Å². The van der Waals surface area contributed by atoms with Crippen molar-refractivity contribution in [3.63, 3.8) is 0 Å². The number of anilines is 2. The van der Waals surface area contributed by atoms with E-state index in [0.717, 1.165) is 59.7 Å². The highest BCUT2D eigenvalue weighted by Crippen LogP contribution is 2.46. The van der Waals surface area contributed by atoms with E-state index in [0.29, 0.717) is 49.2 Å². The number of nitrogens with zero attached hydrogens (tertiary/aromatic N) is 7. The molecule has 7 atom stereocenters. The predicted molar refractivity (Wildman–Crippen MR) is 298 cm³/mol. The standard InChI is InChI=1S/C56H64ClF2N11O6S2/c1-29-48(77-28-62-29)31-12-10-30(11-13-31)41(26-71)64-53(74)42-20-35(72)25-70(42)54(75)50(56(2,3)4)65-43(73)9-5-6-18-68-19-7-8-34(68)27-76-55-66-47-37(52(67-55)69-23-32-14-15-33(24-69)63-32)21-39(57)45(46(47)59)36-16-17-40(58)49-44(36)38(22-60)51(61)78-49/h10-13,16-17,21,28,32-35,41-42,50,63,71-72H,5-9,14-15,18-20,23-27,61H2,1-4H3,(H,64,74)(H,65,73)/t32?,33?,34-,35+,41-,42-,50+/m0/s1. The molecule has 0 saturated carbocycles. The van der Waals surface area contributed by atoms with Crippen LogP contribution < -0.4 is 31.3 Å². The monoisotopic (exact) mass is 1120 g/mol. The molecule has 6 aromatic rings. The van der Waals surface area contributed by atoms with Gasteiger partial charge in [-0.25, -0.2) is 13.8 Å². The summed E-state index contributed by atoms with van der Waals surface area (Å²) in [4.78, 5) is 62.5. The van der Waals surface area contributed by atoms with Crippen LogP contribution in [0.3, 0.4) is 0 Å². The Kier molecular flexibility index (Phi) is 16.2. The van der Waals surface area contributed by atoms with E-state index in [2.05, 4.69) is 41.8 Å². The molecule has 22 heteroatoms. The van der Waals surface area contributed by atoms with Crippen molar-refractivity contribution in [2.45, 2.75) is 121 Å². The topological polar surface area (TPSA) is 235 Å². The first-order chi connectivity index (χ1) is 37.4. The number of thiophene rings is 1. The predicted octanol–water partition coefficient (Wildman–Crippen LogP) is 7.63. The lowest BCUT2D eigenvalue weighted by Crippen LogP contribution is -2.58. The van der Waals surface area contributed by atoms with Crippen molar-refractivity contribution in [3.8, 4) is 33.6 Å². The zero-order chi connectivity index (χ0) is 55.2. The number of aliphatic hydroxyl groups is 2. The fourth-order valence-electron chi connectivity index (χ4n) is 11.6. The number of amides is 3. The van der Waals surface area contributed by atoms with Gasteiger partial charge in [-0.05, 0) is 92.8 Å². The number of nitrogens with two attached hydrogens (primary N) is 1. The highest BCUT2D eigenvalue weighted by molar-refractivity contribution is 7.23. The van der Waals surface area contributed by atoms with Crippen LogP contribution in [0.15, 0.2) is 48.0 Å². The third-order valence-corrected chi connectivity index (χ3v) is 18.0. The molecule has 412 valence electrons. The Morgan fingerprint density at radius 2 is 1.81 bits per heavy atom. The quantitative estimate of drug-likeness (QED) is 0.0482. The van der Waals surface area contributed by atoms with Gasteiger partial charge in [-0.2, -0.15) is 15.2 Å². The minimum absolute atomic E-state index is 0.00216. The molecule has 7 N–H and O–H groups in total. The third-order valence-electron chi connectivity index (χ3n) is 15.7. The fourth-order valence-corrected chi connectivity index (χ4v) is 13.7. The molecule has 4 fully saturated rings. The second-order valence-electron chi connectivity index (χ2n) is 22.1. The number of rotatable bonds is 17. The zero-order valence-electron chi connectivity index (χ0n) is 44.0. The number of fused-ring (bicyclic) bond motifs is 4. The lowest BCUT2D eigenvalue weighted by atomic mass is 9.85.